The van der Waals surface area contributed by atoms with Crippen LogP contribution in [0.1, 0.15) is 25.7 Å². The molecule has 0 bridgehead atoms. The fourth-order valence-electron chi connectivity index (χ4n) is 2.53. The van der Waals surface area contributed by atoms with E-state index >= 15 is 0 Å². The third-order valence-corrected chi connectivity index (χ3v) is 3.94. The van der Waals surface area contributed by atoms with Crippen molar-refractivity contribution in [1.29, 1.82) is 0 Å². The quantitative estimate of drug-likeness (QED) is 0.587. The van der Waals surface area contributed by atoms with E-state index in [2.05, 4.69) is 4.18 Å². The Kier molecular flexibility index (Phi) is 4.97. The number of alkyl halides is 4. The van der Waals surface area contributed by atoms with Gasteiger partial charge in [0.15, 0.2) is 5.79 Å². The molecule has 0 aromatic rings. The van der Waals surface area contributed by atoms with Crippen molar-refractivity contribution in [2.45, 2.75) is 43.2 Å². The summed E-state index contributed by atoms with van der Waals surface area (Å²) in [5.41, 5.74) is -4.48. The minimum Gasteiger partial charge on any atom is -0.348 e. The highest BCUT2D eigenvalue weighted by atomic mass is 32.2. The Morgan fingerprint density at radius 2 is 1.79 bits per heavy atom. The van der Waals surface area contributed by atoms with Crippen molar-refractivity contribution in [3.8, 4) is 0 Å². The first kappa shape index (κ1) is 15.3. The number of ether oxygens (including phenoxy) is 2. The minimum absolute atomic E-state index is 0.285. The minimum atomic E-state index is -4.48. The molecule has 1 atom stereocenters. The van der Waals surface area contributed by atoms with Gasteiger partial charge >= 0.3 is 5.51 Å². The van der Waals surface area contributed by atoms with Crippen LogP contribution >= 0.6 is 12.0 Å². The third-order valence-electron chi connectivity index (χ3n) is 3.50. The van der Waals surface area contributed by atoms with Crippen molar-refractivity contribution in [2.75, 3.05) is 19.8 Å². The molecule has 1 aliphatic carbocycles. The SMILES string of the molecule is FC(COSC(F)(F)F)C1CCC2(CC1)OCCO2. The number of hydrogen-bond acceptors (Lipinski definition) is 4. The Morgan fingerprint density at radius 1 is 1.21 bits per heavy atom. The Balaban J connectivity index is 1.69. The monoisotopic (exact) mass is 304 g/mol. The summed E-state index contributed by atoms with van der Waals surface area (Å²) >= 11 is -0.645. The second-order valence-electron chi connectivity index (χ2n) is 4.77. The molecule has 2 aliphatic rings. The van der Waals surface area contributed by atoms with E-state index in [4.69, 9.17) is 9.47 Å². The molecule has 1 spiro atoms. The molecule has 1 unspecified atom stereocenters. The molecule has 112 valence electrons. The highest BCUT2D eigenvalue weighted by Gasteiger charge is 2.42. The highest BCUT2D eigenvalue weighted by Crippen LogP contribution is 2.40. The van der Waals surface area contributed by atoms with Gasteiger partial charge in [-0.05, 0) is 18.8 Å². The molecule has 0 aromatic carbocycles. The molecular formula is C11H16F4O3S. The molecule has 0 radical (unpaired) electrons. The van der Waals surface area contributed by atoms with Gasteiger partial charge in [0.05, 0.1) is 19.8 Å². The molecule has 1 heterocycles. The van der Waals surface area contributed by atoms with Gasteiger partial charge in [0.25, 0.3) is 0 Å². The summed E-state index contributed by atoms with van der Waals surface area (Å²) in [5.74, 6) is -0.857. The van der Waals surface area contributed by atoms with E-state index in [0.717, 1.165) is 0 Å². The van der Waals surface area contributed by atoms with Gasteiger partial charge in [0, 0.05) is 12.8 Å². The predicted octanol–water partition coefficient (Wildman–Crippen LogP) is 3.44. The van der Waals surface area contributed by atoms with Crippen LogP contribution in [0.15, 0.2) is 0 Å². The van der Waals surface area contributed by atoms with Gasteiger partial charge in [-0.3, -0.25) is 0 Å². The lowest BCUT2D eigenvalue weighted by Gasteiger charge is -2.36. The van der Waals surface area contributed by atoms with Crippen molar-refractivity contribution in [2.24, 2.45) is 5.92 Å². The third kappa shape index (κ3) is 4.47. The van der Waals surface area contributed by atoms with E-state index in [1.807, 2.05) is 0 Å². The number of rotatable bonds is 4. The lowest BCUT2D eigenvalue weighted by Crippen LogP contribution is -2.38. The summed E-state index contributed by atoms with van der Waals surface area (Å²) in [6, 6.07) is 0. The first-order valence-electron chi connectivity index (χ1n) is 6.20. The van der Waals surface area contributed by atoms with Crippen LogP contribution in [0, 0.1) is 5.92 Å². The fraction of sp³-hybridized carbons (Fsp3) is 1.00. The maximum absolute atomic E-state index is 13.8. The Hall–Kier alpha value is -0.0500. The van der Waals surface area contributed by atoms with Crippen molar-refractivity contribution in [3.63, 3.8) is 0 Å². The Morgan fingerprint density at radius 3 is 2.32 bits per heavy atom. The van der Waals surface area contributed by atoms with Crippen molar-refractivity contribution < 1.29 is 31.2 Å². The van der Waals surface area contributed by atoms with Crippen LogP contribution in [0.4, 0.5) is 17.6 Å². The molecule has 1 saturated heterocycles. The van der Waals surface area contributed by atoms with Crippen LogP contribution in [0.25, 0.3) is 0 Å². The van der Waals surface area contributed by atoms with E-state index in [1.54, 1.807) is 0 Å². The zero-order valence-electron chi connectivity index (χ0n) is 10.2. The van der Waals surface area contributed by atoms with Gasteiger partial charge in [0.2, 0.25) is 0 Å². The second-order valence-corrected chi connectivity index (χ2v) is 5.64. The van der Waals surface area contributed by atoms with Gasteiger partial charge in [-0.15, -0.1) is 0 Å². The topological polar surface area (TPSA) is 27.7 Å². The van der Waals surface area contributed by atoms with E-state index in [0.29, 0.717) is 38.9 Å². The maximum atomic E-state index is 13.8. The standard InChI is InChI=1S/C11H16F4O3S/c12-9(7-18-19-11(13,14)15)8-1-3-10(4-2-8)16-5-6-17-10/h8-9H,1-7H2. The van der Waals surface area contributed by atoms with Gasteiger partial charge in [-0.25, -0.2) is 4.39 Å². The molecule has 0 amide bonds. The molecular weight excluding hydrogens is 288 g/mol. The lowest BCUT2D eigenvalue weighted by molar-refractivity contribution is -0.185. The number of halogens is 4. The smallest absolute Gasteiger partial charge is 0.348 e. The summed E-state index contributed by atoms with van der Waals surface area (Å²) in [4.78, 5) is 0. The van der Waals surface area contributed by atoms with Crippen molar-refractivity contribution in [3.05, 3.63) is 0 Å². The normalized spacial score (nSPS) is 25.9. The fourth-order valence-corrected chi connectivity index (χ4v) is 2.86. The summed E-state index contributed by atoms with van der Waals surface area (Å²) in [6.45, 7) is 0.563. The molecule has 19 heavy (non-hydrogen) atoms. The zero-order chi connectivity index (χ0) is 13.9. The van der Waals surface area contributed by atoms with E-state index < -0.39 is 36.1 Å². The second kappa shape index (κ2) is 6.15. The molecule has 0 N–H and O–H groups in total. The van der Waals surface area contributed by atoms with Crippen molar-refractivity contribution in [1.82, 2.24) is 0 Å². The van der Waals surface area contributed by atoms with Gasteiger partial charge < -0.3 is 13.7 Å². The summed E-state index contributed by atoms with van der Waals surface area (Å²) < 4.78 is 64.5. The molecule has 2 fully saturated rings. The average Bonchev–Trinajstić information content (AvgIpc) is 2.77. The van der Waals surface area contributed by atoms with Gasteiger partial charge in [-0.1, -0.05) is 0 Å². The highest BCUT2D eigenvalue weighted by molar-refractivity contribution is 7.95. The maximum Gasteiger partial charge on any atom is 0.467 e. The summed E-state index contributed by atoms with van der Waals surface area (Å²) in [5, 5.41) is 0. The summed E-state index contributed by atoms with van der Waals surface area (Å²) in [7, 11) is 0. The van der Waals surface area contributed by atoms with Crippen LogP contribution < -0.4 is 0 Å². The molecule has 1 saturated carbocycles. The van der Waals surface area contributed by atoms with Gasteiger partial charge in [0.1, 0.15) is 18.2 Å². The molecule has 2 rings (SSSR count). The van der Waals surface area contributed by atoms with E-state index in [1.165, 1.54) is 0 Å². The molecule has 0 aromatic heterocycles. The van der Waals surface area contributed by atoms with Crippen molar-refractivity contribution >= 4 is 12.0 Å². The van der Waals surface area contributed by atoms with E-state index in [-0.39, 0.29) is 5.92 Å². The van der Waals surface area contributed by atoms with Crippen LogP contribution in [0.5, 0.6) is 0 Å². The van der Waals surface area contributed by atoms with Crippen LogP contribution in [-0.2, 0) is 13.7 Å². The Labute approximate surface area is 113 Å². The molecule has 1 aliphatic heterocycles. The van der Waals surface area contributed by atoms with Gasteiger partial charge in [-0.2, -0.15) is 13.2 Å². The first-order valence-corrected chi connectivity index (χ1v) is 6.94. The molecule has 3 nitrogen and oxygen atoms in total. The van der Waals surface area contributed by atoms with E-state index in [9.17, 15) is 17.6 Å². The van der Waals surface area contributed by atoms with Crippen LogP contribution in [0.2, 0.25) is 0 Å². The van der Waals surface area contributed by atoms with Crippen LogP contribution in [0.3, 0.4) is 0 Å². The molecule has 8 heteroatoms. The lowest BCUT2D eigenvalue weighted by atomic mass is 9.82. The Bertz CT molecular complexity index is 284. The largest absolute Gasteiger partial charge is 0.467 e. The first-order chi connectivity index (χ1) is 8.90. The predicted molar refractivity (Wildman–Crippen MR) is 61.1 cm³/mol. The zero-order valence-corrected chi connectivity index (χ0v) is 11.1. The van der Waals surface area contributed by atoms with Crippen LogP contribution in [-0.4, -0.2) is 37.3 Å². The summed E-state index contributed by atoms with van der Waals surface area (Å²) in [6.07, 6.45) is 0.880. The number of hydrogen-bond donors (Lipinski definition) is 0. The average molecular weight is 304 g/mol.